The van der Waals surface area contributed by atoms with E-state index in [9.17, 15) is 14.9 Å². The topological polar surface area (TPSA) is 72.2 Å². The number of carbonyl (C=O) groups excluding carboxylic acids is 1. The summed E-state index contributed by atoms with van der Waals surface area (Å²) in [4.78, 5) is 27.8. The van der Waals surface area contributed by atoms with Gasteiger partial charge in [-0.2, -0.15) is 0 Å². The van der Waals surface area contributed by atoms with Gasteiger partial charge in [0, 0.05) is 26.3 Å². The number of fused-ring (bicyclic) bond motifs is 2. The van der Waals surface area contributed by atoms with E-state index in [0.717, 1.165) is 31.6 Å². The van der Waals surface area contributed by atoms with Crippen molar-refractivity contribution in [2.24, 2.45) is 0 Å². The molecule has 0 aromatic heterocycles. The maximum absolute atomic E-state index is 12.8. The van der Waals surface area contributed by atoms with Crippen LogP contribution < -0.4 is 5.32 Å². The Balaban J connectivity index is 1.34. The number of rotatable bonds is 6. The lowest BCUT2D eigenvalue weighted by Crippen LogP contribution is -2.02. The van der Waals surface area contributed by atoms with E-state index in [2.05, 4.69) is 11.4 Å². The average Bonchev–Trinajstić information content (AvgIpc) is 2.87. The van der Waals surface area contributed by atoms with Gasteiger partial charge in [-0.25, -0.2) is 0 Å². The number of nitrogens with one attached hydrogen (secondary N) is 1. The SMILES string of the molecule is Cc1ccc(Sc2ccc(C=CC(=O)c3ccc4c(c3)Nc3ccccc3S4)cc2[N+](=O)[O-])cc1. The molecule has 0 amide bonds. The minimum atomic E-state index is -0.389. The predicted octanol–water partition coefficient (Wildman–Crippen LogP) is 8.16. The van der Waals surface area contributed by atoms with Crippen molar-refractivity contribution in [2.45, 2.75) is 26.5 Å². The summed E-state index contributed by atoms with van der Waals surface area (Å²) in [5.41, 5.74) is 4.20. The van der Waals surface area contributed by atoms with Crippen LogP contribution in [0.5, 0.6) is 0 Å². The zero-order valence-corrected chi connectivity index (χ0v) is 20.4. The van der Waals surface area contributed by atoms with Crippen LogP contribution in [0, 0.1) is 17.0 Å². The Kier molecular flexibility index (Phi) is 6.44. The number of benzene rings is 4. The molecule has 4 aromatic carbocycles. The molecule has 0 fully saturated rings. The molecule has 0 aliphatic carbocycles. The van der Waals surface area contributed by atoms with Gasteiger partial charge in [-0.3, -0.25) is 14.9 Å². The monoisotopic (exact) mass is 496 g/mol. The first-order valence-electron chi connectivity index (χ1n) is 10.9. The Hall–Kier alpha value is -3.81. The lowest BCUT2D eigenvalue weighted by atomic mass is 10.1. The van der Waals surface area contributed by atoms with E-state index in [0.29, 0.717) is 16.0 Å². The minimum absolute atomic E-state index is 0.0128. The number of hydrogen-bond acceptors (Lipinski definition) is 6. The van der Waals surface area contributed by atoms with Crippen LogP contribution in [0.2, 0.25) is 0 Å². The standard InChI is InChI=1S/C28H20N2O3S2/c1-18-6-11-21(12-7-18)34-28-14-9-19(16-24(28)30(32)33)8-13-25(31)20-10-15-27-23(17-20)29-22-4-2-3-5-26(22)35-27/h2-17,29H,1H3. The zero-order valence-electron chi connectivity index (χ0n) is 18.7. The number of carbonyl (C=O) groups is 1. The van der Waals surface area contributed by atoms with Gasteiger partial charge in [0.2, 0.25) is 0 Å². The molecule has 1 heterocycles. The summed E-state index contributed by atoms with van der Waals surface area (Å²) in [5.74, 6) is -0.167. The quantitative estimate of drug-likeness (QED) is 0.111. The number of nitro benzene ring substituents is 1. The van der Waals surface area contributed by atoms with Crippen LogP contribution in [0.3, 0.4) is 0 Å². The van der Waals surface area contributed by atoms with Gasteiger partial charge in [-0.1, -0.05) is 65.5 Å². The lowest BCUT2D eigenvalue weighted by molar-refractivity contribution is -0.387. The van der Waals surface area contributed by atoms with E-state index in [1.807, 2.05) is 61.5 Å². The highest BCUT2D eigenvalue weighted by atomic mass is 32.2. The van der Waals surface area contributed by atoms with E-state index in [1.165, 1.54) is 23.9 Å². The summed E-state index contributed by atoms with van der Waals surface area (Å²) in [6.45, 7) is 2.00. The van der Waals surface area contributed by atoms with Crippen molar-refractivity contribution >= 4 is 52.4 Å². The Labute approximate surface area is 211 Å². The summed E-state index contributed by atoms with van der Waals surface area (Å²) in [7, 11) is 0. The second-order valence-corrected chi connectivity index (χ2v) is 10.2. The van der Waals surface area contributed by atoms with Crippen LogP contribution in [0.25, 0.3) is 6.08 Å². The van der Waals surface area contributed by atoms with E-state index < -0.39 is 0 Å². The zero-order chi connectivity index (χ0) is 24.4. The number of anilines is 2. The van der Waals surface area contributed by atoms with Crippen molar-refractivity contribution in [1.82, 2.24) is 0 Å². The molecule has 0 bridgehead atoms. The highest BCUT2D eigenvalue weighted by Gasteiger charge is 2.17. The fourth-order valence-corrected chi connectivity index (χ4v) is 5.53. The molecule has 1 aliphatic heterocycles. The summed E-state index contributed by atoms with van der Waals surface area (Å²) >= 11 is 3.01. The third-order valence-corrected chi connectivity index (χ3v) is 7.72. The van der Waals surface area contributed by atoms with Crippen molar-refractivity contribution in [3.05, 3.63) is 118 Å². The normalized spacial score (nSPS) is 12.0. The highest BCUT2D eigenvalue weighted by Crippen LogP contribution is 2.44. The molecule has 0 saturated heterocycles. The fraction of sp³-hybridized carbons (Fsp3) is 0.0357. The molecule has 1 aliphatic rings. The summed E-state index contributed by atoms with van der Waals surface area (Å²) in [6.07, 6.45) is 3.07. The molecule has 0 radical (unpaired) electrons. The first-order chi connectivity index (χ1) is 17.0. The van der Waals surface area contributed by atoms with Crippen LogP contribution in [0.4, 0.5) is 17.1 Å². The molecule has 1 N–H and O–H groups in total. The first kappa shape index (κ1) is 23.0. The van der Waals surface area contributed by atoms with Gasteiger partial charge in [0.05, 0.1) is 21.2 Å². The lowest BCUT2D eigenvalue weighted by Gasteiger charge is -2.20. The number of nitro groups is 1. The molecule has 0 spiro atoms. The smallest absolute Gasteiger partial charge is 0.283 e. The van der Waals surface area contributed by atoms with Gasteiger partial charge < -0.3 is 5.32 Å². The van der Waals surface area contributed by atoms with Gasteiger partial charge in [-0.15, -0.1) is 0 Å². The Bertz CT molecular complexity index is 1480. The molecule has 0 saturated carbocycles. The van der Waals surface area contributed by atoms with Gasteiger partial charge >= 0.3 is 0 Å². The molecule has 5 nitrogen and oxygen atoms in total. The second kappa shape index (κ2) is 9.82. The number of nitrogens with zero attached hydrogens (tertiary/aromatic N) is 1. The van der Waals surface area contributed by atoms with Gasteiger partial charge in [0.15, 0.2) is 5.78 Å². The van der Waals surface area contributed by atoms with Crippen LogP contribution in [0.15, 0.2) is 111 Å². The molecule has 172 valence electrons. The van der Waals surface area contributed by atoms with Crippen molar-refractivity contribution < 1.29 is 9.72 Å². The molecule has 0 atom stereocenters. The molecule has 7 heteroatoms. The van der Waals surface area contributed by atoms with Crippen molar-refractivity contribution in [2.75, 3.05) is 5.32 Å². The van der Waals surface area contributed by atoms with Crippen molar-refractivity contribution in [1.29, 1.82) is 0 Å². The van der Waals surface area contributed by atoms with Crippen LogP contribution in [-0.2, 0) is 0 Å². The molecular formula is C28H20N2O3S2. The Morgan fingerprint density at radius 3 is 2.51 bits per heavy atom. The summed E-state index contributed by atoms with van der Waals surface area (Å²) in [6, 6.07) is 26.5. The Morgan fingerprint density at radius 1 is 0.943 bits per heavy atom. The van der Waals surface area contributed by atoms with Crippen LogP contribution in [-0.4, -0.2) is 10.7 Å². The highest BCUT2D eigenvalue weighted by molar-refractivity contribution is 8.00. The number of ketones is 1. The fourth-order valence-electron chi connectivity index (χ4n) is 3.66. The van der Waals surface area contributed by atoms with E-state index in [1.54, 1.807) is 36.0 Å². The largest absolute Gasteiger partial charge is 0.354 e. The molecule has 0 unspecified atom stereocenters. The van der Waals surface area contributed by atoms with Gasteiger partial charge in [-0.05, 0) is 67.1 Å². The van der Waals surface area contributed by atoms with E-state index in [4.69, 9.17) is 0 Å². The molecule has 35 heavy (non-hydrogen) atoms. The Morgan fingerprint density at radius 2 is 1.71 bits per heavy atom. The van der Waals surface area contributed by atoms with Crippen molar-refractivity contribution in [3.63, 3.8) is 0 Å². The third kappa shape index (κ3) is 5.16. The maximum Gasteiger partial charge on any atom is 0.283 e. The number of hydrogen-bond donors (Lipinski definition) is 1. The molecular weight excluding hydrogens is 476 g/mol. The van der Waals surface area contributed by atoms with Crippen LogP contribution in [0.1, 0.15) is 21.5 Å². The van der Waals surface area contributed by atoms with Crippen molar-refractivity contribution in [3.8, 4) is 0 Å². The number of aryl methyl sites for hydroxylation is 1. The van der Waals surface area contributed by atoms with E-state index in [-0.39, 0.29) is 16.4 Å². The first-order valence-corrected chi connectivity index (χ1v) is 12.5. The minimum Gasteiger partial charge on any atom is -0.354 e. The number of para-hydroxylation sites is 1. The second-order valence-electron chi connectivity index (χ2n) is 8.03. The van der Waals surface area contributed by atoms with Crippen LogP contribution >= 0.6 is 23.5 Å². The molecule has 5 rings (SSSR count). The van der Waals surface area contributed by atoms with Gasteiger partial charge in [0.25, 0.3) is 5.69 Å². The number of allylic oxidation sites excluding steroid dienone is 1. The third-order valence-electron chi connectivity index (χ3n) is 5.50. The predicted molar refractivity (Wildman–Crippen MR) is 142 cm³/mol. The average molecular weight is 497 g/mol. The van der Waals surface area contributed by atoms with E-state index >= 15 is 0 Å². The summed E-state index contributed by atoms with van der Waals surface area (Å²) < 4.78 is 0. The summed E-state index contributed by atoms with van der Waals surface area (Å²) in [5, 5.41) is 15.1. The molecule has 4 aromatic rings. The maximum atomic E-state index is 12.8. The van der Waals surface area contributed by atoms with Gasteiger partial charge in [0.1, 0.15) is 0 Å².